The Hall–Kier alpha value is -3.66. The van der Waals surface area contributed by atoms with Gasteiger partial charge >= 0.3 is 0 Å². The Labute approximate surface area is 159 Å². The molecule has 0 aliphatic rings. The molecular formula is C23H20N4. The largest absolute Gasteiger partial charge is 0.364 e. The monoisotopic (exact) mass is 352 g/mol. The van der Waals surface area contributed by atoms with E-state index < -0.39 is 0 Å². The summed E-state index contributed by atoms with van der Waals surface area (Å²) in [7, 11) is 0. The van der Waals surface area contributed by atoms with Crippen molar-refractivity contribution >= 4 is 17.3 Å². The van der Waals surface area contributed by atoms with Crippen LogP contribution in [0.25, 0.3) is 11.1 Å². The summed E-state index contributed by atoms with van der Waals surface area (Å²) < 4.78 is 0. The number of rotatable bonds is 6. The fraction of sp³-hybridized carbons (Fsp3) is 0.0435. The van der Waals surface area contributed by atoms with E-state index in [0.29, 0.717) is 6.54 Å². The van der Waals surface area contributed by atoms with Crippen LogP contribution in [0.15, 0.2) is 97.2 Å². The molecule has 132 valence electrons. The molecule has 2 heterocycles. The predicted octanol–water partition coefficient (Wildman–Crippen LogP) is 5.50. The Morgan fingerprint density at radius 3 is 2.22 bits per heavy atom. The lowest BCUT2D eigenvalue weighted by atomic mass is 10.1. The zero-order chi connectivity index (χ0) is 18.3. The van der Waals surface area contributed by atoms with E-state index in [1.807, 2.05) is 79.0 Å². The summed E-state index contributed by atoms with van der Waals surface area (Å²) in [5, 5.41) is 6.66. The van der Waals surface area contributed by atoms with Crippen LogP contribution in [0.2, 0.25) is 0 Å². The number of hydrogen-bond acceptors (Lipinski definition) is 4. The van der Waals surface area contributed by atoms with Crippen LogP contribution < -0.4 is 10.6 Å². The fourth-order valence-electron chi connectivity index (χ4n) is 2.84. The first-order chi connectivity index (χ1) is 13.4. The molecule has 0 amide bonds. The summed E-state index contributed by atoms with van der Waals surface area (Å²) in [6.07, 6.45) is 1.85. The molecule has 0 aliphatic carbocycles. The van der Waals surface area contributed by atoms with Gasteiger partial charge in [0.05, 0.1) is 12.2 Å². The van der Waals surface area contributed by atoms with E-state index in [1.165, 1.54) is 5.56 Å². The highest BCUT2D eigenvalue weighted by atomic mass is 15.1. The first-order valence-electron chi connectivity index (χ1n) is 8.90. The summed E-state index contributed by atoms with van der Waals surface area (Å²) in [6, 6.07) is 30.4. The first-order valence-corrected chi connectivity index (χ1v) is 8.90. The molecule has 0 aliphatic heterocycles. The number of hydrogen-bond donors (Lipinski definition) is 2. The van der Waals surface area contributed by atoms with E-state index in [0.717, 1.165) is 28.6 Å². The second-order valence-corrected chi connectivity index (χ2v) is 6.15. The number of pyridine rings is 2. The summed E-state index contributed by atoms with van der Waals surface area (Å²) in [5.41, 5.74) is 4.34. The third kappa shape index (κ3) is 4.50. The fourth-order valence-corrected chi connectivity index (χ4v) is 2.84. The van der Waals surface area contributed by atoms with E-state index in [-0.39, 0.29) is 0 Å². The Balaban J connectivity index is 1.44. The molecule has 0 bridgehead atoms. The van der Waals surface area contributed by atoms with Crippen molar-refractivity contribution < 1.29 is 0 Å². The highest BCUT2D eigenvalue weighted by Crippen LogP contribution is 2.20. The lowest BCUT2D eigenvalue weighted by Crippen LogP contribution is -2.04. The van der Waals surface area contributed by atoms with Crippen LogP contribution >= 0.6 is 0 Å². The number of benzene rings is 2. The Kier molecular flexibility index (Phi) is 5.07. The summed E-state index contributed by atoms with van der Waals surface area (Å²) >= 11 is 0. The van der Waals surface area contributed by atoms with Crippen molar-refractivity contribution in [2.75, 3.05) is 10.6 Å². The van der Waals surface area contributed by atoms with Crippen LogP contribution in [-0.2, 0) is 6.54 Å². The minimum Gasteiger partial charge on any atom is -0.364 e. The number of anilines is 3. The van der Waals surface area contributed by atoms with Gasteiger partial charge in [0.15, 0.2) is 0 Å². The Morgan fingerprint density at radius 2 is 1.41 bits per heavy atom. The molecule has 27 heavy (non-hydrogen) atoms. The minimum atomic E-state index is 0.614. The number of aromatic nitrogens is 2. The minimum absolute atomic E-state index is 0.614. The van der Waals surface area contributed by atoms with Crippen LogP contribution in [0.1, 0.15) is 5.69 Å². The summed E-state index contributed by atoms with van der Waals surface area (Å²) in [6.45, 7) is 0.614. The number of para-hydroxylation sites is 1. The lowest BCUT2D eigenvalue weighted by Gasteiger charge is -2.10. The third-order valence-corrected chi connectivity index (χ3v) is 4.17. The average Bonchev–Trinajstić information content (AvgIpc) is 2.74. The van der Waals surface area contributed by atoms with E-state index in [4.69, 9.17) is 0 Å². The summed E-state index contributed by atoms with van der Waals surface area (Å²) in [4.78, 5) is 9.08. The zero-order valence-electron chi connectivity index (χ0n) is 14.8. The molecule has 4 aromatic rings. The molecular weight excluding hydrogens is 332 g/mol. The van der Waals surface area contributed by atoms with Crippen molar-refractivity contribution in [3.8, 4) is 11.1 Å². The molecule has 0 spiro atoms. The topological polar surface area (TPSA) is 49.8 Å². The van der Waals surface area contributed by atoms with Crippen molar-refractivity contribution in [1.29, 1.82) is 0 Å². The first kappa shape index (κ1) is 16.8. The molecule has 2 N–H and O–H groups in total. The van der Waals surface area contributed by atoms with Gasteiger partial charge in [-0.05, 0) is 47.5 Å². The maximum Gasteiger partial charge on any atom is 0.132 e. The van der Waals surface area contributed by atoms with Gasteiger partial charge in [0.2, 0.25) is 0 Å². The zero-order valence-corrected chi connectivity index (χ0v) is 14.8. The third-order valence-electron chi connectivity index (χ3n) is 4.17. The Morgan fingerprint density at radius 1 is 0.667 bits per heavy atom. The Bertz CT molecular complexity index is 1000. The molecule has 0 saturated carbocycles. The summed E-state index contributed by atoms with van der Waals surface area (Å²) in [5.74, 6) is 1.61. The maximum absolute atomic E-state index is 4.61. The average molecular weight is 352 g/mol. The lowest BCUT2D eigenvalue weighted by molar-refractivity contribution is 1.03. The van der Waals surface area contributed by atoms with Gasteiger partial charge in [0.25, 0.3) is 0 Å². The van der Waals surface area contributed by atoms with Gasteiger partial charge in [-0.1, -0.05) is 54.6 Å². The number of nitrogens with one attached hydrogen (secondary N) is 2. The quantitative estimate of drug-likeness (QED) is 0.481. The van der Waals surface area contributed by atoms with Crippen molar-refractivity contribution in [1.82, 2.24) is 9.97 Å². The van der Waals surface area contributed by atoms with Crippen molar-refractivity contribution in [2.24, 2.45) is 0 Å². The molecule has 0 atom stereocenters. The molecule has 4 rings (SSSR count). The normalized spacial score (nSPS) is 10.4. The van der Waals surface area contributed by atoms with Crippen molar-refractivity contribution in [3.63, 3.8) is 0 Å². The van der Waals surface area contributed by atoms with E-state index in [2.05, 4.69) is 38.8 Å². The van der Waals surface area contributed by atoms with Gasteiger partial charge < -0.3 is 10.6 Å². The van der Waals surface area contributed by atoms with Crippen LogP contribution in [0.4, 0.5) is 17.3 Å². The van der Waals surface area contributed by atoms with Crippen LogP contribution in [0.5, 0.6) is 0 Å². The van der Waals surface area contributed by atoms with Gasteiger partial charge in [-0.2, -0.15) is 0 Å². The predicted molar refractivity (Wildman–Crippen MR) is 111 cm³/mol. The van der Waals surface area contributed by atoms with Crippen LogP contribution in [-0.4, -0.2) is 9.97 Å². The molecule has 0 fully saturated rings. The molecule has 2 aromatic heterocycles. The van der Waals surface area contributed by atoms with Gasteiger partial charge in [0.1, 0.15) is 11.6 Å². The molecule has 0 radical (unpaired) electrons. The van der Waals surface area contributed by atoms with Crippen LogP contribution in [0.3, 0.4) is 0 Å². The second-order valence-electron chi connectivity index (χ2n) is 6.15. The van der Waals surface area contributed by atoms with E-state index in [1.54, 1.807) is 0 Å². The molecule has 0 saturated heterocycles. The van der Waals surface area contributed by atoms with E-state index >= 15 is 0 Å². The van der Waals surface area contributed by atoms with Gasteiger partial charge in [-0.3, -0.25) is 4.98 Å². The van der Waals surface area contributed by atoms with Crippen LogP contribution in [0, 0.1) is 0 Å². The maximum atomic E-state index is 4.61. The van der Waals surface area contributed by atoms with E-state index in [9.17, 15) is 0 Å². The molecule has 4 heteroatoms. The molecule has 0 unspecified atom stereocenters. The second kappa shape index (κ2) is 8.15. The molecule has 4 nitrogen and oxygen atoms in total. The highest BCUT2D eigenvalue weighted by Gasteiger charge is 2.02. The SMILES string of the molecule is c1ccc(Nc2cccc(NCc3cc(-c4ccccc4)ccn3)n2)cc1. The highest BCUT2D eigenvalue weighted by molar-refractivity contribution is 5.63. The van der Waals surface area contributed by atoms with Gasteiger partial charge in [0, 0.05) is 11.9 Å². The standard InChI is InChI=1S/C23H20N4/c1-3-8-18(9-4-1)19-14-15-24-21(16-19)17-25-22-12-7-13-23(27-22)26-20-10-5-2-6-11-20/h1-16H,17H2,(H2,25,26,27). The van der Waals surface area contributed by atoms with Crippen molar-refractivity contribution in [2.45, 2.75) is 6.54 Å². The molecule has 2 aromatic carbocycles. The smallest absolute Gasteiger partial charge is 0.132 e. The van der Waals surface area contributed by atoms with Gasteiger partial charge in [-0.15, -0.1) is 0 Å². The number of nitrogens with zero attached hydrogens (tertiary/aromatic N) is 2. The van der Waals surface area contributed by atoms with Gasteiger partial charge in [-0.25, -0.2) is 4.98 Å². The van der Waals surface area contributed by atoms with Crippen molar-refractivity contribution in [3.05, 3.63) is 103 Å².